The molecular weight excluding hydrogens is 260 g/mol. The first kappa shape index (κ1) is 14.8. The second kappa shape index (κ2) is 7.25. The Bertz CT molecular complexity index is 391. The van der Waals surface area contributed by atoms with Gasteiger partial charge in [-0.25, -0.2) is 0 Å². The predicted molar refractivity (Wildman–Crippen MR) is 79.6 cm³/mol. The van der Waals surface area contributed by atoms with E-state index in [-0.39, 0.29) is 6.61 Å². The van der Waals surface area contributed by atoms with Gasteiger partial charge in [-0.15, -0.1) is 0 Å². The third kappa shape index (κ3) is 3.93. The van der Waals surface area contributed by atoms with E-state index in [0.717, 1.165) is 44.2 Å². The summed E-state index contributed by atoms with van der Waals surface area (Å²) in [6, 6.07) is 8.48. The summed E-state index contributed by atoms with van der Waals surface area (Å²) in [5, 5.41) is 9.72. The van der Waals surface area contributed by atoms with E-state index in [1.165, 1.54) is 5.56 Å². The van der Waals surface area contributed by atoms with Crippen LogP contribution in [0, 0.1) is 0 Å². The van der Waals surface area contributed by atoms with Gasteiger partial charge >= 0.3 is 0 Å². The zero-order valence-electron chi connectivity index (χ0n) is 11.6. The maximum atomic E-state index is 8.86. The highest BCUT2D eigenvalue weighted by atomic mass is 35.5. The van der Waals surface area contributed by atoms with Crippen LogP contribution >= 0.6 is 11.6 Å². The number of hydrogen-bond acceptors (Lipinski definition) is 3. The van der Waals surface area contributed by atoms with E-state index in [0.29, 0.717) is 6.04 Å². The van der Waals surface area contributed by atoms with Gasteiger partial charge in [-0.1, -0.05) is 29.8 Å². The minimum Gasteiger partial charge on any atom is -0.396 e. The van der Waals surface area contributed by atoms with Gasteiger partial charge in [0.25, 0.3) is 0 Å². The number of hydrogen-bond donors (Lipinski definition) is 1. The number of piperazine rings is 1. The molecule has 1 aliphatic heterocycles. The molecule has 0 saturated carbocycles. The Balaban J connectivity index is 1.89. The molecule has 106 valence electrons. The van der Waals surface area contributed by atoms with E-state index >= 15 is 0 Å². The number of nitrogens with zero attached hydrogens (tertiary/aromatic N) is 2. The van der Waals surface area contributed by atoms with Gasteiger partial charge in [0.05, 0.1) is 0 Å². The van der Waals surface area contributed by atoms with Gasteiger partial charge < -0.3 is 10.0 Å². The van der Waals surface area contributed by atoms with Crippen molar-refractivity contribution in [2.75, 3.05) is 39.3 Å². The summed E-state index contributed by atoms with van der Waals surface area (Å²) >= 11 is 6.27. The molecule has 2 rings (SSSR count). The molecule has 0 aromatic heterocycles. The van der Waals surface area contributed by atoms with Crippen molar-refractivity contribution < 1.29 is 5.11 Å². The molecule has 1 N–H and O–H groups in total. The molecule has 1 fully saturated rings. The lowest BCUT2D eigenvalue weighted by Crippen LogP contribution is -2.47. The van der Waals surface area contributed by atoms with Crippen LogP contribution in [0.15, 0.2) is 24.3 Å². The van der Waals surface area contributed by atoms with Crippen molar-refractivity contribution in [2.45, 2.75) is 19.4 Å². The van der Waals surface area contributed by atoms with E-state index in [2.05, 4.69) is 28.9 Å². The Labute approximate surface area is 120 Å². The Morgan fingerprint density at radius 1 is 1.21 bits per heavy atom. The second-order valence-electron chi connectivity index (χ2n) is 5.15. The van der Waals surface area contributed by atoms with Crippen molar-refractivity contribution in [3.05, 3.63) is 34.9 Å². The summed E-state index contributed by atoms with van der Waals surface area (Å²) in [6.45, 7) is 7.81. The van der Waals surface area contributed by atoms with Crippen LogP contribution in [-0.4, -0.2) is 54.2 Å². The third-order valence-corrected chi connectivity index (χ3v) is 4.29. The fourth-order valence-electron chi connectivity index (χ4n) is 2.68. The van der Waals surface area contributed by atoms with Crippen LogP contribution in [0.4, 0.5) is 0 Å². The fourth-order valence-corrected chi connectivity index (χ4v) is 2.97. The molecule has 0 radical (unpaired) electrons. The molecule has 1 saturated heterocycles. The number of aliphatic hydroxyl groups excluding tert-OH is 1. The molecule has 3 nitrogen and oxygen atoms in total. The Morgan fingerprint density at radius 3 is 2.53 bits per heavy atom. The fraction of sp³-hybridized carbons (Fsp3) is 0.600. The molecule has 0 bridgehead atoms. The highest BCUT2D eigenvalue weighted by molar-refractivity contribution is 6.31. The maximum absolute atomic E-state index is 8.86. The standard InChI is InChI=1S/C15H23ClN2O/c1-13(14-5-2-3-6-15(14)16)18-10-8-17(9-11-18)7-4-12-19/h2-3,5-6,13,19H,4,7-12H2,1H3. The topological polar surface area (TPSA) is 26.7 Å². The van der Waals surface area contributed by atoms with Gasteiger partial charge in [0, 0.05) is 50.4 Å². The summed E-state index contributed by atoms with van der Waals surface area (Å²) < 4.78 is 0. The molecule has 4 heteroatoms. The zero-order chi connectivity index (χ0) is 13.7. The Hall–Kier alpha value is -0.610. The maximum Gasteiger partial charge on any atom is 0.0453 e. The van der Waals surface area contributed by atoms with E-state index in [9.17, 15) is 0 Å². The van der Waals surface area contributed by atoms with E-state index in [1.807, 2.05) is 12.1 Å². The van der Waals surface area contributed by atoms with Crippen LogP contribution < -0.4 is 0 Å². The Morgan fingerprint density at radius 2 is 1.89 bits per heavy atom. The van der Waals surface area contributed by atoms with Crippen LogP contribution in [-0.2, 0) is 0 Å². The molecule has 1 unspecified atom stereocenters. The molecule has 0 spiro atoms. The van der Waals surface area contributed by atoms with Crippen LogP contribution in [0.25, 0.3) is 0 Å². The van der Waals surface area contributed by atoms with Gasteiger partial charge in [0.2, 0.25) is 0 Å². The summed E-state index contributed by atoms with van der Waals surface area (Å²) in [7, 11) is 0. The third-order valence-electron chi connectivity index (χ3n) is 3.94. The molecule has 1 aromatic rings. The average Bonchev–Trinajstić information content (AvgIpc) is 2.45. The summed E-state index contributed by atoms with van der Waals surface area (Å²) in [4.78, 5) is 4.91. The lowest BCUT2D eigenvalue weighted by molar-refractivity contribution is 0.0972. The number of aliphatic hydroxyl groups is 1. The predicted octanol–water partition coefficient (Wildman–Crippen LogP) is 2.40. The minimum absolute atomic E-state index is 0.288. The van der Waals surface area contributed by atoms with E-state index < -0.39 is 0 Å². The number of rotatable bonds is 5. The van der Waals surface area contributed by atoms with Crippen molar-refractivity contribution in [1.29, 1.82) is 0 Å². The smallest absolute Gasteiger partial charge is 0.0453 e. The molecule has 19 heavy (non-hydrogen) atoms. The van der Waals surface area contributed by atoms with Crippen LogP contribution in [0.1, 0.15) is 24.9 Å². The first-order chi connectivity index (χ1) is 9.22. The SMILES string of the molecule is CC(c1ccccc1Cl)N1CCN(CCCO)CC1. The molecular formula is C15H23ClN2O. The van der Waals surface area contributed by atoms with Crippen molar-refractivity contribution >= 4 is 11.6 Å². The summed E-state index contributed by atoms with van der Waals surface area (Å²) in [5.74, 6) is 0. The minimum atomic E-state index is 0.288. The molecule has 1 heterocycles. The molecule has 1 aromatic carbocycles. The van der Waals surface area contributed by atoms with Crippen molar-refractivity contribution in [3.8, 4) is 0 Å². The van der Waals surface area contributed by atoms with Crippen molar-refractivity contribution in [1.82, 2.24) is 9.80 Å². The van der Waals surface area contributed by atoms with Crippen molar-refractivity contribution in [2.24, 2.45) is 0 Å². The lowest BCUT2D eigenvalue weighted by atomic mass is 10.1. The summed E-state index contributed by atoms with van der Waals surface area (Å²) in [5.41, 5.74) is 1.22. The van der Waals surface area contributed by atoms with Gasteiger partial charge in [-0.05, 0) is 25.0 Å². The lowest BCUT2D eigenvalue weighted by Gasteiger charge is -2.38. The van der Waals surface area contributed by atoms with Gasteiger partial charge in [0.15, 0.2) is 0 Å². The molecule has 1 atom stereocenters. The van der Waals surface area contributed by atoms with Crippen molar-refractivity contribution in [3.63, 3.8) is 0 Å². The van der Waals surface area contributed by atoms with Gasteiger partial charge in [0.1, 0.15) is 0 Å². The zero-order valence-corrected chi connectivity index (χ0v) is 12.3. The monoisotopic (exact) mass is 282 g/mol. The number of benzene rings is 1. The molecule has 0 aliphatic carbocycles. The second-order valence-corrected chi connectivity index (χ2v) is 5.56. The van der Waals surface area contributed by atoms with E-state index in [4.69, 9.17) is 16.7 Å². The first-order valence-corrected chi connectivity index (χ1v) is 7.42. The van der Waals surface area contributed by atoms with Gasteiger partial charge in [-0.2, -0.15) is 0 Å². The quantitative estimate of drug-likeness (QED) is 0.898. The normalized spacial score (nSPS) is 19.5. The highest BCUT2D eigenvalue weighted by Crippen LogP contribution is 2.27. The molecule has 0 amide bonds. The number of halogens is 1. The molecule has 1 aliphatic rings. The summed E-state index contributed by atoms with van der Waals surface area (Å²) in [6.07, 6.45) is 0.875. The van der Waals surface area contributed by atoms with Gasteiger partial charge in [-0.3, -0.25) is 4.90 Å². The highest BCUT2D eigenvalue weighted by Gasteiger charge is 2.22. The Kier molecular flexibility index (Phi) is 5.64. The van der Waals surface area contributed by atoms with Crippen LogP contribution in [0.5, 0.6) is 0 Å². The van der Waals surface area contributed by atoms with Crippen LogP contribution in [0.2, 0.25) is 5.02 Å². The first-order valence-electron chi connectivity index (χ1n) is 7.04. The van der Waals surface area contributed by atoms with E-state index in [1.54, 1.807) is 0 Å². The van der Waals surface area contributed by atoms with Crippen LogP contribution in [0.3, 0.4) is 0 Å². The largest absolute Gasteiger partial charge is 0.396 e. The average molecular weight is 283 g/mol.